The summed E-state index contributed by atoms with van der Waals surface area (Å²) in [6.45, 7) is 0.622. The fourth-order valence-electron chi connectivity index (χ4n) is 2.52. The second kappa shape index (κ2) is 6.48. The number of carbonyl (C=O) groups is 1. The van der Waals surface area contributed by atoms with Crippen LogP contribution < -0.4 is 0 Å². The Morgan fingerprint density at radius 3 is 2.35 bits per heavy atom. The van der Waals surface area contributed by atoms with E-state index in [1.807, 2.05) is 0 Å². The van der Waals surface area contributed by atoms with Gasteiger partial charge in [-0.3, -0.25) is 4.79 Å². The zero-order valence-corrected chi connectivity index (χ0v) is 13.3. The second-order valence-electron chi connectivity index (χ2n) is 5.35. The molecular weight excluding hydrogens is 333 g/mol. The lowest BCUT2D eigenvalue weighted by molar-refractivity contribution is -0.138. The minimum atomic E-state index is -4.61. The predicted molar refractivity (Wildman–Crippen MR) is 78.4 cm³/mol. The van der Waals surface area contributed by atoms with Gasteiger partial charge in [0.25, 0.3) is 5.91 Å². The molecule has 1 aromatic rings. The molecular formula is C14H17F3N2O3S. The van der Waals surface area contributed by atoms with E-state index in [2.05, 4.69) is 0 Å². The highest BCUT2D eigenvalue weighted by atomic mass is 32.2. The van der Waals surface area contributed by atoms with Crippen LogP contribution in [0.2, 0.25) is 0 Å². The average Bonchev–Trinajstić information content (AvgIpc) is 2.71. The number of amides is 1. The molecule has 5 nitrogen and oxygen atoms in total. The molecule has 0 radical (unpaired) electrons. The number of rotatable bonds is 2. The summed E-state index contributed by atoms with van der Waals surface area (Å²) < 4.78 is 63.4. The molecule has 23 heavy (non-hydrogen) atoms. The van der Waals surface area contributed by atoms with E-state index < -0.39 is 33.2 Å². The molecule has 1 aliphatic heterocycles. The van der Waals surface area contributed by atoms with Crippen molar-refractivity contribution in [3.05, 3.63) is 35.4 Å². The van der Waals surface area contributed by atoms with E-state index in [9.17, 15) is 26.4 Å². The van der Waals surface area contributed by atoms with Gasteiger partial charge in [0, 0.05) is 26.2 Å². The average molecular weight is 350 g/mol. The normalized spacial score (nSPS) is 17.8. The van der Waals surface area contributed by atoms with Gasteiger partial charge in [0.15, 0.2) is 0 Å². The highest BCUT2D eigenvalue weighted by Gasteiger charge is 2.36. The first kappa shape index (κ1) is 17.7. The third kappa shape index (κ3) is 4.23. The van der Waals surface area contributed by atoms with Gasteiger partial charge in [-0.05, 0) is 18.6 Å². The van der Waals surface area contributed by atoms with E-state index in [4.69, 9.17) is 0 Å². The first-order chi connectivity index (χ1) is 10.6. The topological polar surface area (TPSA) is 57.7 Å². The molecule has 0 spiro atoms. The fourth-order valence-corrected chi connectivity index (χ4v) is 3.39. The second-order valence-corrected chi connectivity index (χ2v) is 7.33. The first-order valence-electron chi connectivity index (χ1n) is 7.01. The molecule has 0 saturated carbocycles. The van der Waals surface area contributed by atoms with Crippen LogP contribution in [0.4, 0.5) is 13.2 Å². The Kier molecular flexibility index (Phi) is 5.00. The third-order valence-corrected chi connectivity index (χ3v) is 4.98. The van der Waals surface area contributed by atoms with Crippen molar-refractivity contribution in [3.8, 4) is 0 Å². The third-order valence-electron chi connectivity index (χ3n) is 3.67. The number of carbonyl (C=O) groups excluding carboxylic acids is 1. The van der Waals surface area contributed by atoms with E-state index in [-0.39, 0.29) is 26.2 Å². The van der Waals surface area contributed by atoms with Crippen molar-refractivity contribution in [2.45, 2.75) is 12.6 Å². The Bertz CT molecular complexity index is 689. The molecule has 1 aliphatic rings. The summed E-state index contributed by atoms with van der Waals surface area (Å²) in [7, 11) is -3.38. The maximum atomic E-state index is 13.0. The summed E-state index contributed by atoms with van der Waals surface area (Å²) in [5, 5.41) is 0. The standard InChI is InChI=1S/C14H17F3N2O3S/c1-23(21,22)19-8-4-7-18(9-10-19)13(20)11-5-2-3-6-12(11)14(15,16)17/h2-3,5-6H,4,7-10H2,1H3. The lowest BCUT2D eigenvalue weighted by Gasteiger charge is -2.22. The number of benzene rings is 1. The van der Waals surface area contributed by atoms with Crippen LogP contribution in [0.1, 0.15) is 22.3 Å². The molecule has 1 aromatic carbocycles. The van der Waals surface area contributed by atoms with E-state index in [0.29, 0.717) is 6.42 Å². The van der Waals surface area contributed by atoms with Crippen LogP contribution in [-0.2, 0) is 16.2 Å². The van der Waals surface area contributed by atoms with E-state index in [1.54, 1.807) is 0 Å². The van der Waals surface area contributed by atoms with Crippen molar-refractivity contribution in [1.29, 1.82) is 0 Å². The monoisotopic (exact) mass is 350 g/mol. The summed E-state index contributed by atoms with van der Waals surface area (Å²) in [4.78, 5) is 13.7. The Morgan fingerprint density at radius 2 is 1.74 bits per heavy atom. The number of hydrogen-bond acceptors (Lipinski definition) is 3. The van der Waals surface area contributed by atoms with Gasteiger partial charge in [-0.15, -0.1) is 0 Å². The van der Waals surface area contributed by atoms with E-state index in [0.717, 1.165) is 18.4 Å². The molecule has 1 saturated heterocycles. The van der Waals surface area contributed by atoms with Gasteiger partial charge in [0.2, 0.25) is 10.0 Å². The molecule has 128 valence electrons. The fraction of sp³-hybridized carbons (Fsp3) is 0.500. The Morgan fingerprint density at radius 1 is 1.09 bits per heavy atom. The minimum absolute atomic E-state index is 0.0676. The zero-order chi connectivity index (χ0) is 17.3. The molecule has 2 rings (SSSR count). The molecule has 0 atom stereocenters. The van der Waals surface area contributed by atoms with Crippen LogP contribution in [0.3, 0.4) is 0 Å². The number of hydrogen-bond donors (Lipinski definition) is 0. The minimum Gasteiger partial charge on any atom is -0.337 e. The van der Waals surface area contributed by atoms with Crippen LogP contribution in [0.25, 0.3) is 0 Å². The predicted octanol–water partition coefficient (Wildman–Crippen LogP) is 1.81. The molecule has 9 heteroatoms. The highest BCUT2D eigenvalue weighted by molar-refractivity contribution is 7.88. The summed E-state index contributed by atoms with van der Waals surface area (Å²) in [6.07, 6.45) is -3.16. The quantitative estimate of drug-likeness (QED) is 0.817. The summed E-state index contributed by atoms with van der Waals surface area (Å²) >= 11 is 0. The highest BCUT2D eigenvalue weighted by Crippen LogP contribution is 2.32. The van der Waals surface area contributed by atoms with Crippen LogP contribution in [0.5, 0.6) is 0 Å². The van der Waals surface area contributed by atoms with Crippen molar-refractivity contribution >= 4 is 15.9 Å². The number of alkyl halides is 3. The van der Waals surface area contributed by atoms with Gasteiger partial charge in [0.05, 0.1) is 17.4 Å². The SMILES string of the molecule is CS(=O)(=O)N1CCCN(C(=O)c2ccccc2C(F)(F)F)CC1. The molecule has 0 unspecified atom stereocenters. The van der Waals surface area contributed by atoms with E-state index >= 15 is 0 Å². The molecule has 0 N–H and O–H groups in total. The molecule has 1 amide bonds. The van der Waals surface area contributed by atoms with Gasteiger partial charge < -0.3 is 4.90 Å². The van der Waals surface area contributed by atoms with Crippen molar-refractivity contribution in [1.82, 2.24) is 9.21 Å². The zero-order valence-electron chi connectivity index (χ0n) is 12.5. The maximum Gasteiger partial charge on any atom is 0.417 e. The lowest BCUT2D eigenvalue weighted by atomic mass is 10.1. The lowest BCUT2D eigenvalue weighted by Crippen LogP contribution is -2.37. The number of halogens is 3. The van der Waals surface area contributed by atoms with Gasteiger partial charge in [-0.1, -0.05) is 12.1 Å². The first-order valence-corrected chi connectivity index (χ1v) is 8.86. The van der Waals surface area contributed by atoms with Crippen LogP contribution in [-0.4, -0.2) is 56.0 Å². The molecule has 0 aliphatic carbocycles. The van der Waals surface area contributed by atoms with Gasteiger partial charge in [0.1, 0.15) is 0 Å². The van der Waals surface area contributed by atoms with Crippen LogP contribution in [0, 0.1) is 0 Å². The number of sulfonamides is 1. The van der Waals surface area contributed by atoms with E-state index in [1.165, 1.54) is 21.3 Å². The Balaban J connectivity index is 2.22. The van der Waals surface area contributed by atoms with Crippen LogP contribution >= 0.6 is 0 Å². The van der Waals surface area contributed by atoms with Gasteiger partial charge >= 0.3 is 6.18 Å². The summed E-state index contributed by atoms with van der Waals surface area (Å²) in [5.41, 5.74) is -1.39. The van der Waals surface area contributed by atoms with Crippen molar-refractivity contribution < 1.29 is 26.4 Å². The maximum absolute atomic E-state index is 13.0. The van der Waals surface area contributed by atoms with Gasteiger partial charge in [-0.2, -0.15) is 13.2 Å². The van der Waals surface area contributed by atoms with Crippen molar-refractivity contribution in [2.24, 2.45) is 0 Å². The molecule has 1 fully saturated rings. The number of nitrogens with zero attached hydrogens (tertiary/aromatic N) is 2. The molecule has 0 aromatic heterocycles. The van der Waals surface area contributed by atoms with Crippen molar-refractivity contribution in [2.75, 3.05) is 32.4 Å². The summed E-state index contributed by atoms with van der Waals surface area (Å²) in [5.74, 6) is -0.728. The molecule has 1 heterocycles. The molecule has 0 bridgehead atoms. The Labute approximate surface area is 132 Å². The summed E-state index contributed by atoms with van der Waals surface area (Å²) in [6, 6.07) is 4.62. The Hall–Kier alpha value is -1.61. The van der Waals surface area contributed by atoms with Crippen molar-refractivity contribution in [3.63, 3.8) is 0 Å². The van der Waals surface area contributed by atoms with Gasteiger partial charge in [-0.25, -0.2) is 12.7 Å². The largest absolute Gasteiger partial charge is 0.417 e. The van der Waals surface area contributed by atoms with Crippen LogP contribution in [0.15, 0.2) is 24.3 Å². The smallest absolute Gasteiger partial charge is 0.337 e.